The van der Waals surface area contributed by atoms with Crippen LogP contribution in [0.15, 0.2) is 18.2 Å². The van der Waals surface area contributed by atoms with E-state index in [0.29, 0.717) is 24.7 Å². The Morgan fingerprint density at radius 2 is 2.06 bits per heavy atom. The topological polar surface area (TPSA) is 68.8 Å². The number of nitrogens with one attached hydrogen (secondary N) is 2. The van der Waals surface area contributed by atoms with Gasteiger partial charge in [-0.15, -0.1) is 0 Å². The molecule has 0 spiro atoms. The third-order valence-corrected chi connectivity index (χ3v) is 2.24. The average Bonchev–Trinajstić information content (AvgIpc) is 2.39. The zero-order valence-corrected chi connectivity index (χ0v) is 10.8. The van der Waals surface area contributed by atoms with Gasteiger partial charge in [0.1, 0.15) is 11.5 Å². The Labute approximate surface area is 106 Å². The number of amides is 1. The smallest absolute Gasteiger partial charge is 0.421 e. The SMILES string of the molecule is CCOC(=O)NNCc1ccc(OC)cc1OC. The van der Waals surface area contributed by atoms with Crippen molar-refractivity contribution in [1.82, 2.24) is 10.9 Å². The number of ether oxygens (including phenoxy) is 3. The maximum Gasteiger partial charge on any atom is 0.421 e. The Bertz CT molecular complexity index is 396. The van der Waals surface area contributed by atoms with E-state index in [1.807, 2.05) is 12.1 Å². The van der Waals surface area contributed by atoms with Crippen molar-refractivity contribution in [3.05, 3.63) is 23.8 Å². The second-order valence-corrected chi connectivity index (χ2v) is 3.38. The first-order valence-corrected chi connectivity index (χ1v) is 5.57. The van der Waals surface area contributed by atoms with E-state index in [2.05, 4.69) is 10.9 Å². The second-order valence-electron chi connectivity index (χ2n) is 3.38. The van der Waals surface area contributed by atoms with Gasteiger partial charge in [0.15, 0.2) is 0 Å². The zero-order chi connectivity index (χ0) is 13.4. The maximum absolute atomic E-state index is 11.0. The molecule has 1 rings (SSSR count). The fraction of sp³-hybridized carbons (Fsp3) is 0.417. The minimum absolute atomic E-state index is 0.333. The largest absolute Gasteiger partial charge is 0.497 e. The predicted octanol–water partition coefficient (Wildman–Crippen LogP) is 1.45. The van der Waals surface area contributed by atoms with Crippen molar-refractivity contribution in [2.45, 2.75) is 13.5 Å². The van der Waals surface area contributed by atoms with Crippen molar-refractivity contribution >= 4 is 6.09 Å². The number of methoxy groups -OCH3 is 2. The first-order chi connectivity index (χ1) is 8.71. The summed E-state index contributed by atoms with van der Waals surface area (Å²) in [5, 5.41) is 0. The summed E-state index contributed by atoms with van der Waals surface area (Å²) in [7, 11) is 3.17. The first kappa shape index (κ1) is 14.1. The number of hydrogen-bond acceptors (Lipinski definition) is 5. The van der Waals surface area contributed by atoms with Crippen LogP contribution in [0, 0.1) is 0 Å². The molecule has 0 aromatic heterocycles. The molecule has 2 N–H and O–H groups in total. The Balaban J connectivity index is 2.53. The van der Waals surface area contributed by atoms with E-state index in [1.165, 1.54) is 0 Å². The lowest BCUT2D eigenvalue weighted by Crippen LogP contribution is -2.37. The fourth-order valence-electron chi connectivity index (χ4n) is 1.38. The van der Waals surface area contributed by atoms with Gasteiger partial charge in [0.05, 0.1) is 20.8 Å². The second kappa shape index (κ2) is 7.39. The van der Waals surface area contributed by atoms with E-state index in [9.17, 15) is 4.79 Å². The summed E-state index contributed by atoms with van der Waals surface area (Å²) in [6.45, 7) is 2.50. The summed E-state index contributed by atoms with van der Waals surface area (Å²) < 4.78 is 15.0. The minimum atomic E-state index is -0.509. The van der Waals surface area contributed by atoms with Crippen LogP contribution in [0.3, 0.4) is 0 Å². The number of hydrazine groups is 1. The lowest BCUT2D eigenvalue weighted by molar-refractivity contribution is 0.147. The molecule has 1 aromatic rings. The molecule has 0 bridgehead atoms. The van der Waals surface area contributed by atoms with E-state index < -0.39 is 6.09 Å². The molecule has 18 heavy (non-hydrogen) atoms. The Morgan fingerprint density at radius 3 is 2.67 bits per heavy atom. The Morgan fingerprint density at radius 1 is 1.28 bits per heavy atom. The highest BCUT2D eigenvalue weighted by molar-refractivity contribution is 5.66. The molecule has 0 aliphatic rings. The van der Waals surface area contributed by atoms with Gasteiger partial charge in [0, 0.05) is 18.2 Å². The van der Waals surface area contributed by atoms with Gasteiger partial charge >= 0.3 is 6.09 Å². The van der Waals surface area contributed by atoms with Gasteiger partial charge in [-0.2, -0.15) is 0 Å². The summed E-state index contributed by atoms with van der Waals surface area (Å²) >= 11 is 0. The summed E-state index contributed by atoms with van der Waals surface area (Å²) in [4.78, 5) is 11.0. The van der Waals surface area contributed by atoms with Crippen LogP contribution in [0.5, 0.6) is 11.5 Å². The van der Waals surface area contributed by atoms with Crippen molar-refractivity contribution in [3.8, 4) is 11.5 Å². The number of benzene rings is 1. The summed E-state index contributed by atoms with van der Waals surface area (Å²) in [6, 6.07) is 5.46. The van der Waals surface area contributed by atoms with Gasteiger partial charge in [-0.1, -0.05) is 6.07 Å². The molecule has 0 atom stereocenters. The molecule has 0 aliphatic heterocycles. The van der Waals surface area contributed by atoms with Gasteiger partial charge < -0.3 is 14.2 Å². The van der Waals surface area contributed by atoms with Crippen molar-refractivity contribution in [2.75, 3.05) is 20.8 Å². The normalized spacial score (nSPS) is 9.72. The molecule has 0 unspecified atom stereocenters. The Hall–Kier alpha value is -1.95. The highest BCUT2D eigenvalue weighted by Gasteiger charge is 2.05. The standard InChI is InChI=1S/C12H18N2O4/c1-4-18-12(15)14-13-8-9-5-6-10(16-2)7-11(9)17-3/h5-7,13H,4,8H2,1-3H3,(H,14,15). The van der Waals surface area contributed by atoms with Crippen LogP contribution in [0.1, 0.15) is 12.5 Å². The highest BCUT2D eigenvalue weighted by atomic mass is 16.5. The van der Waals surface area contributed by atoms with Crippen molar-refractivity contribution in [2.24, 2.45) is 0 Å². The molecule has 0 saturated carbocycles. The molecule has 6 nitrogen and oxygen atoms in total. The number of carbonyl (C=O) groups is 1. The van der Waals surface area contributed by atoms with Crippen molar-refractivity contribution < 1.29 is 19.0 Å². The molecular formula is C12H18N2O4. The number of hydrogen-bond donors (Lipinski definition) is 2. The van der Waals surface area contributed by atoms with Gasteiger partial charge in [0.25, 0.3) is 0 Å². The number of rotatable bonds is 6. The van der Waals surface area contributed by atoms with Crippen LogP contribution in [0.2, 0.25) is 0 Å². The quantitative estimate of drug-likeness (QED) is 0.752. The van der Waals surface area contributed by atoms with Crippen molar-refractivity contribution in [3.63, 3.8) is 0 Å². The van der Waals surface area contributed by atoms with Gasteiger partial charge in [-0.05, 0) is 13.0 Å². The highest BCUT2D eigenvalue weighted by Crippen LogP contribution is 2.24. The predicted molar refractivity (Wildman–Crippen MR) is 66.5 cm³/mol. The van der Waals surface area contributed by atoms with Crippen LogP contribution in [-0.4, -0.2) is 26.9 Å². The van der Waals surface area contributed by atoms with Crippen LogP contribution in [0.4, 0.5) is 4.79 Å². The van der Waals surface area contributed by atoms with Crippen LogP contribution >= 0.6 is 0 Å². The molecule has 100 valence electrons. The third-order valence-electron chi connectivity index (χ3n) is 2.24. The lowest BCUT2D eigenvalue weighted by atomic mass is 10.2. The molecule has 1 aromatic carbocycles. The van der Waals surface area contributed by atoms with Crippen LogP contribution in [-0.2, 0) is 11.3 Å². The van der Waals surface area contributed by atoms with Crippen molar-refractivity contribution in [1.29, 1.82) is 0 Å². The molecule has 0 fully saturated rings. The molecule has 0 radical (unpaired) electrons. The van der Waals surface area contributed by atoms with Gasteiger partial charge in [0.2, 0.25) is 0 Å². The average molecular weight is 254 g/mol. The van der Waals surface area contributed by atoms with Gasteiger partial charge in [-0.3, -0.25) is 5.43 Å². The lowest BCUT2D eigenvalue weighted by Gasteiger charge is -2.11. The van der Waals surface area contributed by atoms with E-state index in [-0.39, 0.29) is 0 Å². The van der Waals surface area contributed by atoms with E-state index >= 15 is 0 Å². The van der Waals surface area contributed by atoms with E-state index in [4.69, 9.17) is 14.2 Å². The minimum Gasteiger partial charge on any atom is -0.497 e. The zero-order valence-electron chi connectivity index (χ0n) is 10.8. The molecule has 0 saturated heterocycles. The molecule has 0 heterocycles. The van der Waals surface area contributed by atoms with Gasteiger partial charge in [-0.25, -0.2) is 10.2 Å². The Kier molecular flexibility index (Phi) is 5.79. The first-order valence-electron chi connectivity index (χ1n) is 5.57. The molecule has 0 aliphatic carbocycles. The monoisotopic (exact) mass is 254 g/mol. The molecule has 6 heteroatoms. The summed E-state index contributed by atoms with van der Waals surface area (Å²) in [6.07, 6.45) is -0.509. The van der Waals surface area contributed by atoms with Crippen LogP contribution in [0.25, 0.3) is 0 Å². The fourth-order valence-corrected chi connectivity index (χ4v) is 1.38. The summed E-state index contributed by atoms with van der Waals surface area (Å²) in [5.74, 6) is 1.40. The molecule has 1 amide bonds. The third kappa shape index (κ3) is 4.14. The summed E-state index contributed by atoms with van der Waals surface area (Å²) in [5.41, 5.74) is 6.07. The van der Waals surface area contributed by atoms with Crippen LogP contribution < -0.4 is 20.3 Å². The van der Waals surface area contributed by atoms with E-state index in [0.717, 1.165) is 5.56 Å². The number of carbonyl (C=O) groups excluding carboxylic acids is 1. The van der Waals surface area contributed by atoms with E-state index in [1.54, 1.807) is 27.2 Å². The maximum atomic E-state index is 11.0. The molecular weight excluding hydrogens is 236 g/mol.